The Bertz CT molecular complexity index is 817. The van der Waals surface area contributed by atoms with Gasteiger partial charge in [0.1, 0.15) is 5.52 Å². The number of piperidine rings is 1. The molecular formula is C20H27N5O. The second-order valence-corrected chi connectivity index (χ2v) is 7.43. The summed E-state index contributed by atoms with van der Waals surface area (Å²) in [5, 5.41) is 3.15. The predicted octanol–water partition coefficient (Wildman–Crippen LogP) is 2.64. The second kappa shape index (κ2) is 7.17. The van der Waals surface area contributed by atoms with E-state index in [9.17, 15) is 4.79 Å². The molecular weight excluding hydrogens is 326 g/mol. The molecule has 1 aliphatic heterocycles. The minimum Gasteiger partial charge on any atom is -0.369 e. The maximum absolute atomic E-state index is 12.4. The fraction of sp³-hybridized carbons (Fsp3) is 0.600. The van der Waals surface area contributed by atoms with E-state index < -0.39 is 0 Å². The van der Waals surface area contributed by atoms with Crippen LogP contribution in [0.15, 0.2) is 12.3 Å². The second-order valence-electron chi connectivity index (χ2n) is 7.43. The largest absolute Gasteiger partial charge is 0.369 e. The summed E-state index contributed by atoms with van der Waals surface area (Å²) in [6.45, 7) is 5.93. The molecule has 4 rings (SSSR count). The number of hydrogen-bond donors (Lipinski definition) is 1. The van der Waals surface area contributed by atoms with Crippen molar-refractivity contribution in [1.82, 2.24) is 20.3 Å². The third kappa shape index (κ3) is 3.50. The van der Waals surface area contributed by atoms with Gasteiger partial charge in [0.15, 0.2) is 5.65 Å². The predicted molar refractivity (Wildman–Crippen MR) is 102 cm³/mol. The van der Waals surface area contributed by atoms with Crippen molar-refractivity contribution in [3.63, 3.8) is 0 Å². The van der Waals surface area contributed by atoms with Crippen molar-refractivity contribution in [1.29, 1.82) is 0 Å². The number of anilines is 1. The Morgan fingerprint density at radius 1 is 1.19 bits per heavy atom. The quantitative estimate of drug-likeness (QED) is 0.895. The summed E-state index contributed by atoms with van der Waals surface area (Å²) in [5.74, 6) is 0.284. The molecule has 0 radical (unpaired) electrons. The van der Waals surface area contributed by atoms with Gasteiger partial charge in [0.2, 0.25) is 5.91 Å². The Hall–Kier alpha value is -2.24. The number of pyridine rings is 1. The van der Waals surface area contributed by atoms with Crippen LogP contribution in [0.3, 0.4) is 0 Å². The summed E-state index contributed by atoms with van der Waals surface area (Å²) < 4.78 is 0. The molecule has 2 aromatic rings. The first-order valence-electron chi connectivity index (χ1n) is 9.88. The van der Waals surface area contributed by atoms with Crippen molar-refractivity contribution in [3.05, 3.63) is 23.7 Å². The molecule has 1 amide bonds. The first kappa shape index (κ1) is 17.2. The van der Waals surface area contributed by atoms with Gasteiger partial charge >= 0.3 is 0 Å². The first-order chi connectivity index (χ1) is 12.7. The number of aromatic nitrogens is 3. The van der Waals surface area contributed by atoms with Crippen molar-refractivity contribution in [2.75, 3.05) is 18.0 Å². The molecule has 2 aromatic heterocycles. The number of nitrogens with zero attached hydrogens (tertiary/aromatic N) is 4. The van der Waals surface area contributed by atoms with Crippen molar-refractivity contribution in [2.24, 2.45) is 5.92 Å². The standard InChI is InChI=1S/C20H27N5O/c1-3-16-17(4-2)24-19-18(23-16)10-15(11-21-19)25-9-5-6-13(12-25)20(26)22-14-7-8-14/h10-11,13-14H,3-9,12H2,1-2H3,(H,22,26). The fourth-order valence-corrected chi connectivity index (χ4v) is 3.72. The van der Waals surface area contributed by atoms with E-state index in [-0.39, 0.29) is 11.8 Å². The van der Waals surface area contributed by atoms with Crippen molar-refractivity contribution in [2.45, 2.75) is 58.4 Å². The summed E-state index contributed by atoms with van der Waals surface area (Å²) in [5.41, 5.74) is 4.69. The molecule has 3 heterocycles. The number of rotatable bonds is 5. The molecule has 0 spiro atoms. The smallest absolute Gasteiger partial charge is 0.225 e. The molecule has 2 fully saturated rings. The number of hydrogen-bond acceptors (Lipinski definition) is 5. The van der Waals surface area contributed by atoms with E-state index in [1.165, 1.54) is 0 Å². The number of carbonyl (C=O) groups excluding carboxylic acids is 1. The Labute approximate surface area is 154 Å². The highest BCUT2D eigenvalue weighted by molar-refractivity contribution is 5.80. The Balaban J connectivity index is 1.56. The van der Waals surface area contributed by atoms with Crippen LogP contribution >= 0.6 is 0 Å². The molecule has 1 aliphatic carbocycles. The monoisotopic (exact) mass is 353 g/mol. The van der Waals surface area contributed by atoms with E-state index in [0.717, 1.165) is 74.2 Å². The molecule has 1 saturated carbocycles. The molecule has 26 heavy (non-hydrogen) atoms. The fourth-order valence-electron chi connectivity index (χ4n) is 3.72. The Morgan fingerprint density at radius 3 is 2.69 bits per heavy atom. The zero-order chi connectivity index (χ0) is 18.1. The van der Waals surface area contributed by atoms with E-state index in [2.05, 4.69) is 40.1 Å². The van der Waals surface area contributed by atoms with Crippen LogP contribution in [0.1, 0.15) is 50.9 Å². The van der Waals surface area contributed by atoms with Crippen LogP contribution in [0.25, 0.3) is 11.2 Å². The van der Waals surface area contributed by atoms with Gasteiger partial charge in [-0.1, -0.05) is 13.8 Å². The minimum absolute atomic E-state index is 0.0693. The molecule has 1 N–H and O–H groups in total. The van der Waals surface area contributed by atoms with Gasteiger partial charge in [-0.05, 0) is 44.6 Å². The van der Waals surface area contributed by atoms with Crippen LogP contribution in [-0.4, -0.2) is 40.0 Å². The topological polar surface area (TPSA) is 71.0 Å². The van der Waals surface area contributed by atoms with Gasteiger partial charge in [0.25, 0.3) is 0 Å². The van der Waals surface area contributed by atoms with Gasteiger partial charge in [0.05, 0.1) is 29.2 Å². The van der Waals surface area contributed by atoms with Crippen LogP contribution in [0.5, 0.6) is 0 Å². The van der Waals surface area contributed by atoms with E-state index in [1.807, 2.05) is 6.20 Å². The highest BCUT2D eigenvalue weighted by Crippen LogP contribution is 2.26. The lowest BCUT2D eigenvalue weighted by atomic mass is 9.96. The Kier molecular flexibility index (Phi) is 4.74. The van der Waals surface area contributed by atoms with Crippen molar-refractivity contribution >= 4 is 22.8 Å². The van der Waals surface area contributed by atoms with Gasteiger partial charge in [-0.3, -0.25) is 4.79 Å². The number of amides is 1. The third-order valence-corrected chi connectivity index (χ3v) is 5.41. The Morgan fingerprint density at radius 2 is 1.96 bits per heavy atom. The normalized spacial score (nSPS) is 20.4. The lowest BCUT2D eigenvalue weighted by molar-refractivity contribution is -0.125. The maximum Gasteiger partial charge on any atom is 0.225 e. The number of nitrogens with one attached hydrogen (secondary N) is 1. The first-order valence-corrected chi connectivity index (χ1v) is 9.88. The molecule has 0 bridgehead atoms. The van der Waals surface area contributed by atoms with Gasteiger partial charge in [-0.25, -0.2) is 15.0 Å². The summed E-state index contributed by atoms with van der Waals surface area (Å²) >= 11 is 0. The summed E-state index contributed by atoms with van der Waals surface area (Å²) in [7, 11) is 0. The molecule has 138 valence electrons. The third-order valence-electron chi connectivity index (χ3n) is 5.41. The zero-order valence-electron chi connectivity index (χ0n) is 15.7. The molecule has 2 aliphatic rings. The van der Waals surface area contributed by atoms with Crippen LogP contribution in [-0.2, 0) is 17.6 Å². The van der Waals surface area contributed by atoms with Gasteiger partial charge in [-0.15, -0.1) is 0 Å². The molecule has 6 heteroatoms. The summed E-state index contributed by atoms with van der Waals surface area (Å²) in [4.78, 5) is 28.7. The lowest BCUT2D eigenvalue weighted by Gasteiger charge is -2.33. The summed E-state index contributed by atoms with van der Waals surface area (Å²) in [6.07, 6.45) is 7.90. The van der Waals surface area contributed by atoms with Gasteiger partial charge in [0, 0.05) is 19.1 Å². The van der Waals surface area contributed by atoms with Crippen molar-refractivity contribution in [3.8, 4) is 0 Å². The minimum atomic E-state index is 0.0693. The number of carbonyl (C=O) groups is 1. The average molecular weight is 353 g/mol. The lowest BCUT2D eigenvalue weighted by Crippen LogP contribution is -2.43. The average Bonchev–Trinajstić information content (AvgIpc) is 3.50. The molecule has 1 unspecified atom stereocenters. The van der Waals surface area contributed by atoms with Gasteiger partial charge in [-0.2, -0.15) is 0 Å². The van der Waals surface area contributed by atoms with Crippen molar-refractivity contribution < 1.29 is 4.79 Å². The van der Waals surface area contributed by atoms with E-state index >= 15 is 0 Å². The zero-order valence-corrected chi connectivity index (χ0v) is 15.7. The van der Waals surface area contributed by atoms with Gasteiger partial charge < -0.3 is 10.2 Å². The highest BCUT2D eigenvalue weighted by Gasteiger charge is 2.30. The van der Waals surface area contributed by atoms with E-state index in [4.69, 9.17) is 4.98 Å². The van der Waals surface area contributed by atoms with E-state index in [0.29, 0.717) is 11.7 Å². The van der Waals surface area contributed by atoms with Crippen LogP contribution < -0.4 is 10.2 Å². The summed E-state index contributed by atoms with van der Waals surface area (Å²) in [6, 6.07) is 2.51. The highest BCUT2D eigenvalue weighted by atomic mass is 16.2. The molecule has 0 aromatic carbocycles. The van der Waals surface area contributed by atoms with E-state index in [1.54, 1.807) is 0 Å². The number of aryl methyl sites for hydroxylation is 2. The molecule has 1 atom stereocenters. The molecule has 6 nitrogen and oxygen atoms in total. The molecule has 1 saturated heterocycles. The van der Waals surface area contributed by atoms with Crippen LogP contribution in [0.4, 0.5) is 5.69 Å². The SMILES string of the molecule is CCc1nc2cc(N3CCCC(C(=O)NC4CC4)C3)cnc2nc1CC. The van der Waals surface area contributed by atoms with Crippen LogP contribution in [0, 0.1) is 5.92 Å². The number of fused-ring (bicyclic) bond motifs is 1. The maximum atomic E-state index is 12.4. The van der Waals surface area contributed by atoms with Crippen LogP contribution in [0.2, 0.25) is 0 Å².